The number of nitrogens with zero attached hydrogens (tertiary/aromatic N) is 2. The number of thiazole rings is 1. The predicted molar refractivity (Wildman–Crippen MR) is 96.0 cm³/mol. The van der Waals surface area contributed by atoms with Gasteiger partial charge in [0, 0.05) is 13.1 Å². The molecular weight excluding hydrogens is 322 g/mol. The Balaban J connectivity index is 1.55. The molecule has 1 fully saturated rings. The molecule has 2 aromatic rings. The summed E-state index contributed by atoms with van der Waals surface area (Å²) >= 11 is 1.25. The van der Waals surface area contributed by atoms with E-state index in [0.29, 0.717) is 35.2 Å². The standard InChI is InChI=1S/C18H23N3O2S/c1-12-16(24-18(19)20-12)17(23)21-9-7-14(8-10-21)15(22)11-13-5-3-2-4-6-13/h2-6,14-15,22H,7-11H2,1H3,(H2,19,20)/t15-/m1/s1. The second kappa shape index (κ2) is 7.32. The van der Waals surface area contributed by atoms with E-state index in [0.717, 1.165) is 18.4 Å². The van der Waals surface area contributed by atoms with Gasteiger partial charge in [0.05, 0.1) is 11.8 Å². The highest BCUT2D eigenvalue weighted by Crippen LogP contribution is 2.27. The molecule has 0 unspecified atom stereocenters. The number of nitrogens with two attached hydrogens (primary N) is 1. The molecular formula is C18H23N3O2S. The lowest BCUT2D eigenvalue weighted by Crippen LogP contribution is -2.41. The van der Waals surface area contributed by atoms with Crippen molar-refractivity contribution < 1.29 is 9.90 Å². The van der Waals surface area contributed by atoms with Crippen LogP contribution in [0.1, 0.15) is 33.8 Å². The molecule has 3 N–H and O–H groups in total. The summed E-state index contributed by atoms with van der Waals surface area (Å²) in [6, 6.07) is 10.0. The molecule has 0 bridgehead atoms. The lowest BCUT2D eigenvalue weighted by molar-refractivity contribution is 0.0470. The molecule has 1 aromatic carbocycles. The maximum atomic E-state index is 12.6. The van der Waals surface area contributed by atoms with E-state index in [1.54, 1.807) is 0 Å². The largest absolute Gasteiger partial charge is 0.392 e. The number of likely N-dealkylation sites (tertiary alicyclic amines) is 1. The molecule has 0 radical (unpaired) electrons. The van der Waals surface area contributed by atoms with E-state index in [1.165, 1.54) is 11.3 Å². The van der Waals surface area contributed by atoms with Crippen LogP contribution in [0.15, 0.2) is 30.3 Å². The number of nitrogen functional groups attached to an aromatic ring is 1. The highest BCUT2D eigenvalue weighted by molar-refractivity contribution is 7.17. The lowest BCUT2D eigenvalue weighted by atomic mass is 9.88. The summed E-state index contributed by atoms with van der Waals surface area (Å²) in [5.74, 6) is 0.250. The molecule has 24 heavy (non-hydrogen) atoms. The van der Waals surface area contributed by atoms with Crippen LogP contribution in [0.25, 0.3) is 0 Å². The number of hydrogen-bond acceptors (Lipinski definition) is 5. The monoisotopic (exact) mass is 345 g/mol. The van der Waals surface area contributed by atoms with Crippen molar-refractivity contribution in [3.8, 4) is 0 Å². The fourth-order valence-electron chi connectivity index (χ4n) is 3.27. The van der Waals surface area contributed by atoms with Gasteiger partial charge in [-0.25, -0.2) is 4.98 Å². The number of aliphatic hydroxyl groups excluding tert-OH is 1. The number of carbonyl (C=O) groups is 1. The van der Waals surface area contributed by atoms with Crippen LogP contribution >= 0.6 is 11.3 Å². The molecule has 0 saturated carbocycles. The molecule has 1 aliphatic rings. The topological polar surface area (TPSA) is 79.5 Å². The van der Waals surface area contributed by atoms with Crippen molar-refractivity contribution in [3.05, 3.63) is 46.5 Å². The molecule has 3 rings (SSSR count). The van der Waals surface area contributed by atoms with Crippen LogP contribution in [-0.4, -0.2) is 40.1 Å². The van der Waals surface area contributed by atoms with Gasteiger partial charge >= 0.3 is 0 Å². The molecule has 1 aromatic heterocycles. The van der Waals surface area contributed by atoms with E-state index in [9.17, 15) is 9.90 Å². The Morgan fingerprint density at radius 1 is 1.38 bits per heavy atom. The summed E-state index contributed by atoms with van der Waals surface area (Å²) in [4.78, 5) is 19.2. The van der Waals surface area contributed by atoms with Crippen molar-refractivity contribution >= 4 is 22.4 Å². The van der Waals surface area contributed by atoms with Crippen LogP contribution in [0.4, 0.5) is 5.13 Å². The zero-order chi connectivity index (χ0) is 17.1. The van der Waals surface area contributed by atoms with Crippen molar-refractivity contribution in [1.29, 1.82) is 0 Å². The Kier molecular flexibility index (Phi) is 5.16. The number of aliphatic hydroxyl groups is 1. The van der Waals surface area contributed by atoms with Gasteiger partial charge in [-0.1, -0.05) is 41.7 Å². The van der Waals surface area contributed by atoms with Crippen LogP contribution in [-0.2, 0) is 6.42 Å². The fourth-order valence-corrected chi connectivity index (χ4v) is 4.07. The van der Waals surface area contributed by atoms with Crippen molar-refractivity contribution in [1.82, 2.24) is 9.88 Å². The smallest absolute Gasteiger partial charge is 0.265 e. The SMILES string of the molecule is Cc1nc(N)sc1C(=O)N1CCC([C@H](O)Cc2ccccc2)CC1. The first-order valence-electron chi connectivity index (χ1n) is 8.28. The zero-order valence-electron chi connectivity index (χ0n) is 13.8. The summed E-state index contributed by atoms with van der Waals surface area (Å²) in [6.45, 7) is 3.16. The van der Waals surface area contributed by atoms with Gasteiger partial charge in [0.1, 0.15) is 4.88 Å². The van der Waals surface area contributed by atoms with E-state index in [2.05, 4.69) is 4.98 Å². The minimum Gasteiger partial charge on any atom is -0.392 e. The van der Waals surface area contributed by atoms with Gasteiger partial charge in [-0.2, -0.15) is 0 Å². The van der Waals surface area contributed by atoms with Crippen molar-refractivity contribution in [2.45, 2.75) is 32.3 Å². The summed E-state index contributed by atoms with van der Waals surface area (Å²) in [6.07, 6.45) is 1.97. The number of amides is 1. The van der Waals surface area contributed by atoms with Crippen LogP contribution in [0.5, 0.6) is 0 Å². The first kappa shape index (κ1) is 16.9. The molecule has 1 saturated heterocycles. The lowest BCUT2D eigenvalue weighted by Gasteiger charge is -2.34. The third-order valence-electron chi connectivity index (χ3n) is 4.67. The van der Waals surface area contributed by atoms with Gasteiger partial charge in [-0.05, 0) is 37.7 Å². The van der Waals surface area contributed by atoms with Gasteiger partial charge in [0.2, 0.25) is 0 Å². The summed E-state index contributed by atoms with van der Waals surface area (Å²) in [5.41, 5.74) is 7.54. The van der Waals surface area contributed by atoms with E-state index >= 15 is 0 Å². The Hall–Kier alpha value is -1.92. The van der Waals surface area contributed by atoms with Crippen molar-refractivity contribution in [2.24, 2.45) is 5.92 Å². The van der Waals surface area contributed by atoms with E-state index in [1.807, 2.05) is 42.2 Å². The summed E-state index contributed by atoms with van der Waals surface area (Å²) in [7, 11) is 0. The second-order valence-electron chi connectivity index (χ2n) is 6.35. The second-order valence-corrected chi connectivity index (χ2v) is 7.38. The predicted octanol–water partition coefficient (Wildman–Crippen LogP) is 2.49. The average molecular weight is 345 g/mol. The van der Waals surface area contributed by atoms with E-state index in [-0.39, 0.29) is 17.9 Å². The van der Waals surface area contributed by atoms with E-state index in [4.69, 9.17) is 5.73 Å². The highest BCUT2D eigenvalue weighted by Gasteiger charge is 2.29. The normalized spacial score (nSPS) is 17.0. The van der Waals surface area contributed by atoms with Crippen LogP contribution < -0.4 is 5.73 Å². The maximum absolute atomic E-state index is 12.6. The minimum absolute atomic E-state index is 0.0118. The van der Waals surface area contributed by atoms with Crippen molar-refractivity contribution in [3.63, 3.8) is 0 Å². The highest BCUT2D eigenvalue weighted by atomic mass is 32.1. The number of rotatable bonds is 4. The van der Waals surface area contributed by atoms with Gasteiger partial charge in [-0.3, -0.25) is 4.79 Å². The average Bonchev–Trinajstić information content (AvgIpc) is 2.93. The van der Waals surface area contributed by atoms with Gasteiger partial charge in [-0.15, -0.1) is 0 Å². The molecule has 6 heteroatoms. The number of benzene rings is 1. The third-order valence-corrected chi connectivity index (χ3v) is 5.64. The Labute approximate surface area is 146 Å². The van der Waals surface area contributed by atoms with Crippen LogP contribution in [0.3, 0.4) is 0 Å². The summed E-state index contributed by atoms with van der Waals surface area (Å²) < 4.78 is 0. The third kappa shape index (κ3) is 3.76. The van der Waals surface area contributed by atoms with Gasteiger partial charge in [0.25, 0.3) is 5.91 Å². The summed E-state index contributed by atoms with van der Waals surface area (Å²) in [5, 5.41) is 10.9. The number of aryl methyl sites for hydroxylation is 1. The number of anilines is 1. The Bertz CT molecular complexity index is 694. The zero-order valence-corrected chi connectivity index (χ0v) is 14.6. The Morgan fingerprint density at radius 2 is 2.04 bits per heavy atom. The molecule has 1 aliphatic heterocycles. The van der Waals surface area contributed by atoms with Crippen molar-refractivity contribution in [2.75, 3.05) is 18.8 Å². The number of carbonyl (C=O) groups excluding carboxylic acids is 1. The molecule has 1 amide bonds. The molecule has 2 heterocycles. The maximum Gasteiger partial charge on any atom is 0.265 e. The quantitative estimate of drug-likeness (QED) is 0.892. The number of aromatic nitrogens is 1. The minimum atomic E-state index is -0.356. The van der Waals surface area contributed by atoms with E-state index < -0.39 is 0 Å². The molecule has 1 atom stereocenters. The molecule has 128 valence electrons. The van der Waals surface area contributed by atoms with Crippen LogP contribution in [0, 0.1) is 12.8 Å². The molecule has 5 nitrogen and oxygen atoms in total. The molecule has 0 spiro atoms. The fraction of sp³-hybridized carbons (Fsp3) is 0.444. The molecule has 0 aliphatic carbocycles. The number of hydrogen-bond donors (Lipinski definition) is 2. The van der Waals surface area contributed by atoms with Gasteiger partial charge < -0.3 is 15.7 Å². The Morgan fingerprint density at radius 3 is 2.62 bits per heavy atom. The van der Waals surface area contributed by atoms with Crippen LogP contribution in [0.2, 0.25) is 0 Å². The first-order valence-corrected chi connectivity index (χ1v) is 9.10. The first-order chi connectivity index (χ1) is 11.5. The number of piperidine rings is 1. The van der Waals surface area contributed by atoms with Gasteiger partial charge in [0.15, 0.2) is 5.13 Å².